The highest BCUT2D eigenvalue weighted by atomic mass is 16.6. The molecule has 0 N–H and O–H groups in total. The van der Waals surface area contributed by atoms with Gasteiger partial charge in [0.2, 0.25) is 0 Å². The maximum Gasteiger partial charge on any atom is 0.337 e. The normalized spacial score (nSPS) is 10.3. The molecule has 0 saturated carbocycles. The molecule has 5 nitrogen and oxygen atoms in total. The minimum Gasteiger partial charge on any atom is -0.465 e. The highest BCUT2D eigenvalue weighted by Crippen LogP contribution is 2.01. The Bertz CT molecular complexity index is 363. The highest BCUT2D eigenvalue weighted by Gasteiger charge is 2.04. The molecular weight excluding hydrogens is 196 g/mol. The summed E-state index contributed by atoms with van der Waals surface area (Å²) >= 11 is 0. The highest BCUT2D eigenvalue weighted by molar-refractivity contribution is 5.91. The van der Waals surface area contributed by atoms with Crippen molar-refractivity contribution in [1.82, 2.24) is 4.98 Å². The van der Waals surface area contributed by atoms with Gasteiger partial charge in [-0.05, 0) is 19.1 Å². The molecular formula is C10H12N2O3. The van der Waals surface area contributed by atoms with E-state index in [0.29, 0.717) is 17.9 Å². The molecule has 1 aromatic rings. The maximum absolute atomic E-state index is 11.2. The van der Waals surface area contributed by atoms with E-state index in [1.165, 1.54) is 19.5 Å². The SMILES string of the molecule is CCO/N=C/c1cc(C(=O)OC)ccn1. The number of rotatable bonds is 4. The molecule has 0 aromatic carbocycles. The van der Waals surface area contributed by atoms with Gasteiger partial charge in [-0.3, -0.25) is 4.98 Å². The molecule has 0 fully saturated rings. The average Bonchev–Trinajstić information content (AvgIpc) is 2.29. The molecule has 80 valence electrons. The molecule has 0 aliphatic heterocycles. The van der Waals surface area contributed by atoms with E-state index >= 15 is 0 Å². The predicted molar refractivity (Wildman–Crippen MR) is 54.8 cm³/mol. The molecule has 1 rings (SSSR count). The Labute approximate surface area is 87.7 Å². The summed E-state index contributed by atoms with van der Waals surface area (Å²) in [6.45, 7) is 2.32. The van der Waals surface area contributed by atoms with Gasteiger partial charge in [-0.1, -0.05) is 5.16 Å². The maximum atomic E-state index is 11.2. The van der Waals surface area contributed by atoms with Crippen LogP contribution < -0.4 is 0 Å². The Morgan fingerprint density at radius 2 is 2.47 bits per heavy atom. The van der Waals surface area contributed by atoms with Crippen LogP contribution in [0.4, 0.5) is 0 Å². The van der Waals surface area contributed by atoms with Crippen molar-refractivity contribution in [2.24, 2.45) is 5.16 Å². The number of ether oxygens (including phenoxy) is 1. The summed E-state index contributed by atoms with van der Waals surface area (Å²) in [6.07, 6.45) is 2.95. The van der Waals surface area contributed by atoms with E-state index < -0.39 is 5.97 Å². The second kappa shape index (κ2) is 5.74. The third kappa shape index (κ3) is 3.38. The largest absolute Gasteiger partial charge is 0.465 e. The van der Waals surface area contributed by atoms with Crippen molar-refractivity contribution in [3.63, 3.8) is 0 Å². The van der Waals surface area contributed by atoms with Crippen molar-refractivity contribution in [1.29, 1.82) is 0 Å². The zero-order valence-electron chi connectivity index (χ0n) is 8.64. The predicted octanol–water partition coefficient (Wildman–Crippen LogP) is 1.24. The molecule has 0 spiro atoms. The van der Waals surface area contributed by atoms with Crippen LogP contribution in [0.2, 0.25) is 0 Å². The zero-order valence-corrected chi connectivity index (χ0v) is 8.64. The van der Waals surface area contributed by atoms with Gasteiger partial charge in [0, 0.05) is 6.20 Å². The summed E-state index contributed by atoms with van der Waals surface area (Å²) < 4.78 is 4.57. The van der Waals surface area contributed by atoms with E-state index in [-0.39, 0.29) is 0 Å². The first-order valence-electron chi connectivity index (χ1n) is 4.47. The van der Waals surface area contributed by atoms with Gasteiger partial charge in [0.05, 0.1) is 24.6 Å². The van der Waals surface area contributed by atoms with Crippen molar-refractivity contribution in [2.75, 3.05) is 13.7 Å². The van der Waals surface area contributed by atoms with Crippen LogP contribution >= 0.6 is 0 Å². The molecule has 0 atom stereocenters. The first-order chi connectivity index (χ1) is 7.27. The fourth-order valence-corrected chi connectivity index (χ4v) is 0.930. The second-order valence-electron chi connectivity index (χ2n) is 2.61. The summed E-state index contributed by atoms with van der Waals surface area (Å²) in [6, 6.07) is 3.15. The molecule has 5 heteroatoms. The van der Waals surface area contributed by atoms with Gasteiger partial charge in [-0.25, -0.2) is 4.79 Å². The number of hydrogen-bond acceptors (Lipinski definition) is 5. The lowest BCUT2D eigenvalue weighted by Crippen LogP contribution is -2.02. The van der Waals surface area contributed by atoms with E-state index in [1.54, 1.807) is 12.1 Å². The van der Waals surface area contributed by atoms with E-state index in [1.807, 2.05) is 6.92 Å². The Morgan fingerprint density at radius 1 is 1.67 bits per heavy atom. The van der Waals surface area contributed by atoms with Gasteiger partial charge in [-0.2, -0.15) is 0 Å². The van der Waals surface area contributed by atoms with Crippen LogP contribution in [-0.2, 0) is 9.57 Å². The third-order valence-electron chi connectivity index (χ3n) is 1.59. The van der Waals surface area contributed by atoms with Crippen LogP contribution in [0.3, 0.4) is 0 Å². The topological polar surface area (TPSA) is 60.8 Å². The van der Waals surface area contributed by atoms with Crippen LogP contribution in [0.5, 0.6) is 0 Å². The van der Waals surface area contributed by atoms with Crippen LogP contribution in [-0.4, -0.2) is 30.9 Å². The lowest BCUT2D eigenvalue weighted by atomic mass is 10.2. The van der Waals surface area contributed by atoms with Gasteiger partial charge in [0.1, 0.15) is 6.61 Å². The number of pyridine rings is 1. The fourth-order valence-electron chi connectivity index (χ4n) is 0.930. The molecule has 1 aromatic heterocycles. The minimum absolute atomic E-state index is 0.400. The summed E-state index contributed by atoms with van der Waals surface area (Å²) in [5.41, 5.74) is 0.983. The van der Waals surface area contributed by atoms with E-state index in [2.05, 4.69) is 14.9 Å². The number of carbonyl (C=O) groups is 1. The van der Waals surface area contributed by atoms with E-state index in [4.69, 9.17) is 4.84 Å². The van der Waals surface area contributed by atoms with Crippen LogP contribution in [0.1, 0.15) is 23.0 Å². The van der Waals surface area contributed by atoms with Crippen LogP contribution in [0.25, 0.3) is 0 Å². The quantitative estimate of drug-likeness (QED) is 0.424. The molecule has 0 aliphatic rings. The van der Waals surface area contributed by atoms with Crippen molar-refractivity contribution in [2.45, 2.75) is 6.92 Å². The fraction of sp³-hybridized carbons (Fsp3) is 0.300. The summed E-state index contributed by atoms with van der Waals surface area (Å²) in [5, 5.41) is 3.65. The number of aromatic nitrogens is 1. The van der Waals surface area contributed by atoms with Gasteiger partial charge in [-0.15, -0.1) is 0 Å². The monoisotopic (exact) mass is 208 g/mol. The molecule has 0 saturated heterocycles. The number of hydrogen-bond donors (Lipinski definition) is 0. The second-order valence-corrected chi connectivity index (χ2v) is 2.61. The zero-order chi connectivity index (χ0) is 11.1. The van der Waals surface area contributed by atoms with E-state index in [9.17, 15) is 4.79 Å². The third-order valence-corrected chi connectivity index (χ3v) is 1.59. The van der Waals surface area contributed by atoms with Crippen molar-refractivity contribution < 1.29 is 14.4 Å². The Hall–Kier alpha value is -1.91. The van der Waals surface area contributed by atoms with Gasteiger partial charge in [0.15, 0.2) is 0 Å². The Balaban J connectivity index is 2.78. The Morgan fingerprint density at radius 3 is 3.13 bits per heavy atom. The van der Waals surface area contributed by atoms with E-state index in [0.717, 1.165) is 0 Å². The summed E-state index contributed by atoms with van der Waals surface area (Å²) in [5.74, 6) is -0.400. The molecule has 0 radical (unpaired) electrons. The van der Waals surface area contributed by atoms with Crippen molar-refractivity contribution in [3.05, 3.63) is 29.6 Å². The number of oxime groups is 1. The molecule has 1 heterocycles. The summed E-state index contributed by atoms with van der Waals surface area (Å²) in [4.78, 5) is 19.9. The van der Waals surface area contributed by atoms with Crippen LogP contribution in [0.15, 0.2) is 23.5 Å². The molecule has 0 unspecified atom stereocenters. The molecule has 0 aliphatic carbocycles. The van der Waals surface area contributed by atoms with Gasteiger partial charge >= 0.3 is 5.97 Å². The van der Waals surface area contributed by atoms with Crippen molar-refractivity contribution >= 4 is 12.2 Å². The van der Waals surface area contributed by atoms with Gasteiger partial charge < -0.3 is 9.57 Å². The average molecular weight is 208 g/mol. The summed E-state index contributed by atoms with van der Waals surface area (Å²) in [7, 11) is 1.33. The van der Waals surface area contributed by atoms with Crippen molar-refractivity contribution in [3.8, 4) is 0 Å². The molecule has 0 bridgehead atoms. The first kappa shape index (κ1) is 11.2. The van der Waals surface area contributed by atoms with Crippen LogP contribution in [0, 0.1) is 0 Å². The first-order valence-corrected chi connectivity index (χ1v) is 4.47. The smallest absolute Gasteiger partial charge is 0.337 e. The lowest BCUT2D eigenvalue weighted by molar-refractivity contribution is 0.0600. The standard InChI is InChI=1S/C10H12N2O3/c1-3-15-12-7-9-6-8(4-5-11-9)10(13)14-2/h4-7H,3H2,1-2H3/b12-7+. The number of esters is 1. The van der Waals surface area contributed by atoms with Gasteiger partial charge in [0.25, 0.3) is 0 Å². The number of methoxy groups -OCH3 is 1. The number of nitrogens with zero attached hydrogens (tertiary/aromatic N) is 2. The molecule has 15 heavy (non-hydrogen) atoms. The Kier molecular flexibility index (Phi) is 4.28. The lowest BCUT2D eigenvalue weighted by Gasteiger charge is -1.98. The minimum atomic E-state index is -0.400. The molecule has 0 amide bonds. The number of carbonyl (C=O) groups excluding carboxylic acids is 1.